The highest BCUT2D eigenvalue weighted by atomic mass is 19.4. The lowest BCUT2D eigenvalue weighted by molar-refractivity contribution is -0.141. The van der Waals surface area contributed by atoms with Crippen molar-refractivity contribution in [3.63, 3.8) is 0 Å². The Kier molecular flexibility index (Phi) is 5.69. The third-order valence-electron chi connectivity index (χ3n) is 3.55. The third-order valence-corrected chi connectivity index (χ3v) is 3.55. The molecule has 2 heterocycles. The first-order chi connectivity index (χ1) is 10.9. The summed E-state index contributed by atoms with van der Waals surface area (Å²) < 4.78 is 52.9. The summed E-state index contributed by atoms with van der Waals surface area (Å²) in [7, 11) is 0. The average molecular weight is 326 g/mol. The maximum absolute atomic E-state index is 13.2. The summed E-state index contributed by atoms with van der Waals surface area (Å²) in [5.74, 6) is -0.610. The van der Waals surface area contributed by atoms with Crippen molar-refractivity contribution >= 4 is 0 Å². The van der Waals surface area contributed by atoms with E-state index < -0.39 is 17.7 Å². The van der Waals surface area contributed by atoms with Gasteiger partial charge in [0.15, 0.2) is 0 Å². The van der Waals surface area contributed by atoms with Crippen LogP contribution in [0.25, 0.3) is 11.3 Å². The van der Waals surface area contributed by atoms with Gasteiger partial charge in [0.05, 0.1) is 11.9 Å². The van der Waals surface area contributed by atoms with Crippen LogP contribution < -0.4 is 0 Å². The van der Waals surface area contributed by atoms with Crippen molar-refractivity contribution in [3.8, 4) is 11.3 Å². The molecular weight excluding hydrogens is 308 g/mol. The van der Waals surface area contributed by atoms with E-state index in [1.165, 1.54) is 18.3 Å². The van der Waals surface area contributed by atoms with Crippen LogP contribution in [0.2, 0.25) is 0 Å². The molecule has 124 valence electrons. The highest BCUT2D eigenvalue weighted by molar-refractivity contribution is 5.58. The zero-order chi connectivity index (χ0) is 16.9. The molecule has 0 aromatic carbocycles. The Hall–Kier alpha value is -1.98. The molecule has 0 spiro atoms. The monoisotopic (exact) mass is 326 g/mol. The molecule has 0 radical (unpaired) electrons. The predicted molar refractivity (Wildman–Crippen MR) is 80.3 cm³/mol. The van der Waals surface area contributed by atoms with Gasteiger partial charge in [-0.05, 0) is 30.5 Å². The lowest BCUT2D eigenvalue weighted by Crippen LogP contribution is -2.13. The van der Waals surface area contributed by atoms with Crippen LogP contribution in [0.1, 0.15) is 43.9 Å². The van der Waals surface area contributed by atoms with Crippen molar-refractivity contribution in [3.05, 3.63) is 47.7 Å². The van der Waals surface area contributed by atoms with Gasteiger partial charge in [-0.3, -0.25) is 4.98 Å². The second kappa shape index (κ2) is 7.53. The summed E-state index contributed by atoms with van der Waals surface area (Å²) in [5, 5.41) is 0. The van der Waals surface area contributed by atoms with Crippen molar-refractivity contribution < 1.29 is 17.6 Å². The van der Waals surface area contributed by atoms with Crippen LogP contribution in [-0.4, -0.2) is 9.97 Å². The van der Waals surface area contributed by atoms with Gasteiger partial charge in [0, 0.05) is 11.8 Å². The Morgan fingerprint density at radius 3 is 2.48 bits per heavy atom. The summed E-state index contributed by atoms with van der Waals surface area (Å²) in [6.07, 6.45) is 1.71. The first kappa shape index (κ1) is 17.4. The smallest absolute Gasteiger partial charge is 0.261 e. The molecule has 0 saturated carbocycles. The number of alkyl halides is 3. The molecule has 0 saturated heterocycles. The minimum atomic E-state index is -4.53. The maximum atomic E-state index is 13.2. The van der Waals surface area contributed by atoms with Gasteiger partial charge < -0.3 is 0 Å². The van der Waals surface area contributed by atoms with Crippen molar-refractivity contribution in [1.82, 2.24) is 9.97 Å². The molecule has 0 aliphatic heterocycles. The molecule has 0 aliphatic carbocycles. The van der Waals surface area contributed by atoms with E-state index in [2.05, 4.69) is 9.97 Å². The van der Waals surface area contributed by atoms with Crippen LogP contribution in [0.5, 0.6) is 0 Å². The van der Waals surface area contributed by atoms with Crippen LogP contribution in [0.4, 0.5) is 17.6 Å². The molecule has 0 aliphatic rings. The standard InChI is InChI=1S/C17H18F4N2/c1-2-3-4-5-6-12-7-8-15(23-16(12)17(19,20)21)13-9-14(18)11-22-10-13/h7-11H,2-6H2,1H3. The molecule has 0 bridgehead atoms. The van der Waals surface area contributed by atoms with Gasteiger partial charge in [-0.2, -0.15) is 13.2 Å². The number of rotatable bonds is 6. The van der Waals surface area contributed by atoms with Gasteiger partial charge in [-0.1, -0.05) is 32.3 Å². The molecule has 23 heavy (non-hydrogen) atoms. The fourth-order valence-electron chi connectivity index (χ4n) is 2.39. The van der Waals surface area contributed by atoms with E-state index >= 15 is 0 Å². The number of unbranched alkanes of at least 4 members (excludes halogenated alkanes) is 3. The quantitative estimate of drug-likeness (QED) is 0.523. The summed E-state index contributed by atoms with van der Waals surface area (Å²) in [5.41, 5.74) is -0.410. The normalized spacial score (nSPS) is 11.7. The number of aryl methyl sites for hydroxylation is 1. The minimum Gasteiger partial charge on any atom is -0.261 e. The topological polar surface area (TPSA) is 25.8 Å². The first-order valence-electron chi connectivity index (χ1n) is 7.60. The van der Waals surface area contributed by atoms with Gasteiger partial charge in [-0.15, -0.1) is 0 Å². The van der Waals surface area contributed by atoms with E-state index in [0.29, 0.717) is 12.8 Å². The Bertz CT molecular complexity index is 653. The SMILES string of the molecule is CCCCCCc1ccc(-c2cncc(F)c2)nc1C(F)(F)F. The zero-order valence-electron chi connectivity index (χ0n) is 12.8. The summed E-state index contributed by atoms with van der Waals surface area (Å²) in [6.45, 7) is 2.05. The van der Waals surface area contributed by atoms with Crippen LogP contribution in [-0.2, 0) is 12.6 Å². The average Bonchev–Trinajstić information content (AvgIpc) is 2.51. The first-order valence-corrected chi connectivity index (χ1v) is 7.60. The molecule has 2 rings (SSSR count). The number of aromatic nitrogens is 2. The van der Waals surface area contributed by atoms with Crippen LogP contribution >= 0.6 is 0 Å². The van der Waals surface area contributed by atoms with E-state index in [0.717, 1.165) is 31.5 Å². The molecule has 0 fully saturated rings. The Labute approximate surface area is 132 Å². The molecule has 0 atom stereocenters. The molecular formula is C17H18F4N2. The predicted octanol–water partition coefficient (Wildman–Crippen LogP) is 5.42. The Balaban J connectivity index is 2.31. The van der Waals surface area contributed by atoms with Crippen molar-refractivity contribution in [2.24, 2.45) is 0 Å². The fraction of sp³-hybridized carbons (Fsp3) is 0.412. The highest BCUT2D eigenvalue weighted by Gasteiger charge is 2.35. The molecule has 0 unspecified atom stereocenters. The van der Waals surface area contributed by atoms with Crippen molar-refractivity contribution in [2.45, 2.75) is 45.2 Å². The molecule has 0 N–H and O–H groups in total. The molecule has 2 aromatic rings. The van der Waals surface area contributed by atoms with E-state index in [1.807, 2.05) is 6.92 Å². The number of hydrogen-bond acceptors (Lipinski definition) is 2. The lowest BCUT2D eigenvalue weighted by Gasteiger charge is -2.13. The summed E-state index contributed by atoms with van der Waals surface area (Å²) in [6, 6.07) is 4.04. The lowest BCUT2D eigenvalue weighted by atomic mass is 10.0. The molecule has 0 amide bonds. The summed E-state index contributed by atoms with van der Waals surface area (Å²) in [4.78, 5) is 7.37. The molecule has 6 heteroatoms. The number of hydrogen-bond donors (Lipinski definition) is 0. The minimum absolute atomic E-state index is 0.0710. The van der Waals surface area contributed by atoms with E-state index in [1.54, 1.807) is 0 Å². The van der Waals surface area contributed by atoms with Crippen LogP contribution in [0, 0.1) is 5.82 Å². The number of pyridine rings is 2. The third kappa shape index (κ3) is 4.74. The summed E-state index contributed by atoms with van der Waals surface area (Å²) >= 11 is 0. The van der Waals surface area contributed by atoms with Gasteiger partial charge in [-0.25, -0.2) is 9.37 Å². The van der Waals surface area contributed by atoms with E-state index in [-0.39, 0.29) is 16.8 Å². The second-order valence-electron chi connectivity index (χ2n) is 5.40. The van der Waals surface area contributed by atoms with Crippen molar-refractivity contribution in [2.75, 3.05) is 0 Å². The Morgan fingerprint density at radius 2 is 1.83 bits per heavy atom. The zero-order valence-corrected chi connectivity index (χ0v) is 12.8. The second-order valence-corrected chi connectivity index (χ2v) is 5.40. The van der Waals surface area contributed by atoms with Gasteiger partial charge in [0.1, 0.15) is 11.5 Å². The fourth-order valence-corrected chi connectivity index (χ4v) is 2.39. The number of halogens is 4. The number of nitrogens with zero attached hydrogens (tertiary/aromatic N) is 2. The largest absolute Gasteiger partial charge is 0.433 e. The van der Waals surface area contributed by atoms with Gasteiger partial charge >= 0.3 is 6.18 Å². The van der Waals surface area contributed by atoms with E-state index in [4.69, 9.17) is 0 Å². The maximum Gasteiger partial charge on any atom is 0.433 e. The van der Waals surface area contributed by atoms with Crippen molar-refractivity contribution in [1.29, 1.82) is 0 Å². The van der Waals surface area contributed by atoms with Gasteiger partial charge in [0.2, 0.25) is 0 Å². The Morgan fingerprint density at radius 1 is 1.04 bits per heavy atom. The van der Waals surface area contributed by atoms with Crippen LogP contribution in [0.15, 0.2) is 30.6 Å². The highest BCUT2D eigenvalue weighted by Crippen LogP contribution is 2.33. The van der Waals surface area contributed by atoms with Gasteiger partial charge in [0.25, 0.3) is 0 Å². The van der Waals surface area contributed by atoms with E-state index in [9.17, 15) is 17.6 Å². The molecule has 2 aromatic heterocycles. The molecule has 2 nitrogen and oxygen atoms in total. The van der Waals surface area contributed by atoms with Crippen LogP contribution in [0.3, 0.4) is 0 Å².